The number of aryl methyl sites for hydroxylation is 1. The highest BCUT2D eigenvalue weighted by molar-refractivity contribution is 5.78. The van der Waals surface area contributed by atoms with E-state index in [1.54, 1.807) is 0 Å². The van der Waals surface area contributed by atoms with Gasteiger partial charge < -0.3 is 14.8 Å². The van der Waals surface area contributed by atoms with Crippen LogP contribution < -0.4 is 5.32 Å². The first-order chi connectivity index (χ1) is 8.24. The van der Waals surface area contributed by atoms with Crippen LogP contribution in [0.5, 0.6) is 0 Å². The van der Waals surface area contributed by atoms with E-state index in [1.165, 1.54) is 0 Å². The predicted octanol–water partition coefficient (Wildman–Crippen LogP) is 2.53. The molecule has 17 heavy (non-hydrogen) atoms. The number of hydrogen-bond donors (Lipinski definition) is 2. The van der Waals surface area contributed by atoms with Crippen molar-refractivity contribution in [3.63, 3.8) is 0 Å². The van der Waals surface area contributed by atoms with E-state index in [1.807, 2.05) is 25.1 Å². The van der Waals surface area contributed by atoms with Gasteiger partial charge in [-0.25, -0.2) is 0 Å². The molecule has 2 heterocycles. The highest BCUT2D eigenvalue weighted by atomic mass is 16.3. The lowest BCUT2D eigenvalue weighted by atomic mass is 9.94. The van der Waals surface area contributed by atoms with Gasteiger partial charge in [0.25, 0.3) is 0 Å². The minimum absolute atomic E-state index is 0.0587. The zero-order chi connectivity index (χ0) is 11.8. The molecule has 2 aromatic rings. The predicted molar refractivity (Wildman–Crippen MR) is 66.9 cm³/mol. The van der Waals surface area contributed by atoms with Gasteiger partial charge in [-0.3, -0.25) is 0 Å². The molecule has 0 bridgehead atoms. The van der Waals surface area contributed by atoms with Crippen LogP contribution >= 0.6 is 0 Å². The molecule has 3 nitrogen and oxygen atoms in total. The van der Waals surface area contributed by atoms with Crippen LogP contribution in [0.25, 0.3) is 11.0 Å². The SMILES string of the molecule is Cc1cc2cc(C3NCCCC3O)ccc2o1. The van der Waals surface area contributed by atoms with Crippen LogP contribution in [0.15, 0.2) is 28.7 Å². The summed E-state index contributed by atoms with van der Waals surface area (Å²) in [6.45, 7) is 2.93. The lowest BCUT2D eigenvalue weighted by molar-refractivity contribution is 0.0966. The Morgan fingerprint density at radius 1 is 1.35 bits per heavy atom. The second kappa shape index (κ2) is 4.17. The summed E-state index contributed by atoms with van der Waals surface area (Å²) in [6.07, 6.45) is 1.64. The third kappa shape index (κ3) is 1.96. The number of aliphatic hydroxyl groups is 1. The number of nitrogens with one attached hydrogen (secondary N) is 1. The van der Waals surface area contributed by atoms with Gasteiger partial charge in [0, 0.05) is 5.39 Å². The van der Waals surface area contributed by atoms with Gasteiger partial charge in [-0.2, -0.15) is 0 Å². The normalized spacial score (nSPS) is 25.3. The van der Waals surface area contributed by atoms with Crippen molar-refractivity contribution < 1.29 is 9.52 Å². The number of fused-ring (bicyclic) bond motifs is 1. The number of benzene rings is 1. The lowest BCUT2D eigenvalue weighted by Crippen LogP contribution is -2.37. The number of rotatable bonds is 1. The molecule has 0 saturated carbocycles. The van der Waals surface area contributed by atoms with E-state index in [-0.39, 0.29) is 12.1 Å². The number of piperidine rings is 1. The van der Waals surface area contributed by atoms with Gasteiger partial charge in [-0.05, 0) is 50.1 Å². The Morgan fingerprint density at radius 3 is 3.06 bits per heavy atom. The van der Waals surface area contributed by atoms with E-state index in [0.29, 0.717) is 0 Å². The molecule has 3 rings (SSSR count). The lowest BCUT2D eigenvalue weighted by Gasteiger charge is -2.29. The van der Waals surface area contributed by atoms with Crippen molar-refractivity contribution in [2.75, 3.05) is 6.54 Å². The van der Waals surface area contributed by atoms with Gasteiger partial charge in [0.1, 0.15) is 11.3 Å². The Bertz CT molecular complexity index is 532. The Kier molecular flexibility index (Phi) is 2.65. The number of hydrogen-bond acceptors (Lipinski definition) is 3. The zero-order valence-electron chi connectivity index (χ0n) is 9.94. The number of furan rings is 1. The molecule has 0 spiro atoms. The number of aliphatic hydroxyl groups excluding tert-OH is 1. The van der Waals surface area contributed by atoms with Crippen LogP contribution in [-0.2, 0) is 0 Å². The minimum atomic E-state index is -0.283. The van der Waals surface area contributed by atoms with Crippen LogP contribution in [0.2, 0.25) is 0 Å². The maximum Gasteiger partial charge on any atom is 0.134 e. The summed E-state index contributed by atoms with van der Waals surface area (Å²) in [7, 11) is 0. The third-order valence-corrected chi connectivity index (χ3v) is 3.45. The van der Waals surface area contributed by atoms with E-state index in [4.69, 9.17) is 4.42 Å². The van der Waals surface area contributed by atoms with Gasteiger partial charge in [0.2, 0.25) is 0 Å². The fourth-order valence-electron chi connectivity index (χ4n) is 2.60. The molecule has 1 aromatic carbocycles. The summed E-state index contributed by atoms with van der Waals surface area (Å²) in [5.41, 5.74) is 2.06. The van der Waals surface area contributed by atoms with E-state index >= 15 is 0 Å². The van der Waals surface area contributed by atoms with Crippen LogP contribution in [0.1, 0.15) is 30.2 Å². The quantitative estimate of drug-likeness (QED) is 0.792. The molecule has 2 atom stereocenters. The highest BCUT2D eigenvalue weighted by Crippen LogP contribution is 2.27. The highest BCUT2D eigenvalue weighted by Gasteiger charge is 2.24. The van der Waals surface area contributed by atoms with Crippen LogP contribution in [-0.4, -0.2) is 17.8 Å². The minimum Gasteiger partial charge on any atom is -0.461 e. The second-order valence-electron chi connectivity index (χ2n) is 4.80. The van der Waals surface area contributed by atoms with Crippen molar-refractivity contribution >= 4 is 11.0 Å². The second-order valence-corrected chi connectivity index (χ2v) is 4.80. The van der Waals surface area contributed by atoms with E-state index in [9.17, 15) is 5.11 Å². The molecule has 1 aliphatic heterocycles. The average molecular weight is 231 g/mol. The maximum atomic E-state index is 10.0. The molecular weight excluding hydrogens is 214 g/mol. The Morgan fingerprint density at radius 2 is 2.24 bits per heavy atom. The first-order valence-corrected chi connectivity index (χ1v) is 6.15. The fraction of sp³-hybridized carbons (Fsp3) is 0.429. The van der Waals surface area contributed by atoms with Crippen LogP contribution in [0.3, 0.4) is 0 Å². The summed E-state index contributed by atoms with van der Waals surface area (Å²) in [5.74, 6) is 0.925. The molecule has 1 aliphatic rings. The Hall–Kier alpha value is -1.32. The third-order valence-electron chi connectivity index (χ3n) is 3.45. The summed E-state index contributed by atoms with van der Waals surface area (Å²) in [5, 5.41) is 14.5. The molecule has 1 fully saturated rings. The van der Waals surface area contributed by atoms with E-state index in [2.05, 4.69) is 11.4 Å². The smallest absolute Gasteiger partial charge is 0.134 e. The monoisotopic (exact) mass is 231 g/mol. The van der Waals surface area contributed by atoms with Crippen LogP contribution in [0.4, 0.5) is 0 Å². The van der Waals surface area contributed by atoms with Crippen LogP contribution in [0, 0.1) is 6.92 Å². The largest absolute Gasteiger partial charge is 0.461 e. The van der Waals surface area contributed by atoms with Gasteiger partial charge in [-0.15, -0.1) is 0 Å². The fourth-order valence-corrected chi connectivity index (χ4v) is 2.60. The summed E-state index contributed by atoms with van der Waals surface area (Å²) in [4.78, 5) is 0. The Labute approximate surface area is 100 Å². The molecule has 1 aromatic heterocycles. The average Bonchev–Trinajstić information content (AvgIpc) is 2.68. The van der Waals surface area contributed by atoms with Crippen molar-refractivity contribution in [3.8, 4) is 0 Å². The van der Waals surface area contributed by atoms with Gasteiger partial charge in [-0.1, -0.05) is 6.07 Å². The molecule has 0 aliphatic carbocycles. The molecular formula is C14H17NO2. The topological polar surface area (TPSA) is 45.4 Å². The summed E-state index contributed by atoms with van der Waals surface area (Å²) < 4.78 is 5.55. The first kappa shape index (κ1) is 10.8. The maximum absolute atomic E-state index is 10.0. The molecule has 2 N–H and O–H groups in total. The van der Waals surface area contributed by atoms with Gasteiger partial charge in [0.05, 0.1) is 12.1 Å². The Balaban J connectivity index is 1.98. The van der Waals surface area contributed by atoms with E-state index in [0.717, 1.165) is 41.7 Å². The van der Waals surface area contributed by atoms with Crippen molar-refractivity contribution in [2.24, 2.45) is 0 Å². The molecule has 2 unspecified atom stereocenters. The van der Waals surface area contributed by atoms with Gasteiger partial charge >= 0.3 is 0 Å². The van der Waals surface area contributed by atoms with Crippen molar-refractivity contribution in [3.05, 3.63) is 35.6 Å². The molecule has 1 saturated heterocycles. The zero-order valence-corrected chi connectivity index (χ0v) is 9.94. The molecule has 3 heteroatoms. The summed E-state index contributed by atoms with van der Waals surface area (Å²) >= 11 is 0. The molecule has 90 valence electrons. The standard InChI is InChI=1S/C14H17NO2/c1-9-7-11-8-10(4-5-13(11)17-9)14-12(16)3-2-6-15-14/h4-5,7-8,12,14-16H,2-3,6H2,1H3. The molecule has 0 radical (unpaired) electrons. The van der Waals surface area contributed by atoms with Crippen molar-refractivity contribution in [1.29, 1.82) is 0 Å². The first-order valence-electron chi connectivity index (χ1n) is 6.15. The van der Waals surface area contributed by atoms with Gasteiger partial charge in [0.15, 0.2) is 0 Å². The summed E-state index contributed by atoms with van der Waals surface area (Å²) in [6, 6.07) is 8.23. The molecule has 0 amide bonds. The van der Waals surface area contributed by atoms with E-state index < -0.39 is 0 Å². The van der Waals surface area contributed by atoms with Crippen molar-refractivity contribution in [1.82, 2.24) is 5.32 Å². The van der Waals surface area contributed by atoms with Crippen molar-refractivity contribution in [2.45, 2.75) is 31.9 Å².